The normalized spacial score (nSPS) is 12.2. The lowest BCUT2D eigenvalue weighted by Gasteiger charge is -2.12. The smallest absolute Gasteiger partial charge is 0.394 e. The maximum Gasteiger partial charge on any atom is 0.416 e. The van der Waals surface area contributed by atoms with Gasteiger partial charge in [-0.3, -0.25) is 4.72 Å². The molecule has 0 saturated heterocycles. The summed E-state index contributed by atoms with van der Waals surface area (Å²) in [7, 11) is -4.13. The fourth-order valence-corrected chi connectivity index (χ4v) is 4.21. The van der Waals surface area contributed by atoms with Crippen LogP contribution in [0.25, 0.3) is 10.9 Å². The molecule has 0 aliphatic rings. The molecule has 3 aromatic rings. The highest BCUT2D eigenvalue weighted by Gasteiger charge is 2.30. The minimum Gasteiger partial charge on any atom is -0.394 e. The quantitative estimate of drug-likeness (QED) is 0.301. The molecule has 0 atom stereocenters. The molecule has 0 bridgehead atoms. The van der Waals surface area contributed by atoms with Gasteiger partial charge in [-0.2, -0.15) is 13.2 Å². The molecule has 0 spiro atoms. The summed E-state index contributed by atoms with van der Waals surface area (Å²) < 4.78 is 76.8. The third-order valence-corrected chi connectivity index (χ3v) is 6.23. The third-order valence-electron chi connectivity index (χ3n) is 4.85. The number of para-hydroxylation sites is 1. The van der Waals surface area contributed by atoms with Gasteiger partial charge in [-0.1, -0.05) is 18.2 Å². The van der Waals surface area contributed by atoms with Crippen LogP contribution in [-0.4, -0.2) is 58.1 Å². The van der Waals surface area contributed by atoms with Crippen molar-refractivity contribution in [2.24, 2.45) is 0 Å². The first-order chi connectivity index (χ1) is 16.7. The number of aromatic nitrogens is 1. The number of anilines is 1. The molecule has 3 N–H and O–H groups in total. The van der Waals surface area contributed by atoms with Crippen molar-refractivity contribution < 1.29 is 36.2 Å². The van der Waals surface area contributed by atoms with E-state index in [1.807, 2.05) is 12.1 Å². The van der Waals surface area contributed by atoms with Gasteiger partial charge in [0.15, 0.2) is 0 Å². The van der Waals surface area contributed by atoms with Gasteiger partial charge in [0.05, 0.1) is 60.4 Å². The van der Waals surface area contributed by atoms with Crippen molar-refractivity contribution in [3.63, 3.8) is 0 Å². The highest BCUT2D eigenvalue weighted by atomic mass is 32.2. The fraction of sp³-hybridized carbons (Fsp3) is 0.348. The van der Waals surface area contributed by atoms with E-state index in [4.69, 9.17) is 14.6 Å². The Morgan fingerprint density at radius 2 is 1.63 bits per heavy atom. The number of hydrogen-bond acceptors (Lipinski definition) is 7. The summed E-state index contributed by atoms with van der Waals surface area (Å²) in [4.78, 5) is 4.25. The van der Waals surface area contributed by atoms with Gasteiger partial charge in [0.1, 0.15) is 0 Å². The predicted octanol–water partition coefficient (Wildman–Crippen LogP) is 3.17. The van der Waals surface area contributed by atoms with Crippen LogP contribution in [-0.2, 0) is 32.2 Å². The number of sulfonamides is 1. The molecule has 1 aromatic heterocycles. The van der Waals surface area contributed by atoms with E-state index in [0.717, 1.165) is 24.3 Å². The number of nitrogens with zero attached hydrogens (tertiary/aromatic N) is 1. The molecule has 3 rings (SSSR count). The van der Waals surface area contributed by atoms with Crippen LogP contribution in [0.3, 0.4) is 0 Å². The maximum atomic E-state index is 12.8. The van der Waals surface area contributed by atoms with Crippen molar-refractivity contribution in [3.05, 3.63) is 65.9 Å². The SMILES string of the molecule is O=S(=O)(Nc1cccc2ccc(CNCCOCCOCCO)nc12)c1ccc(C(F)(F)F)cc1. The summed E-state index contributed by atoms with van der Waals surface area (Å²) >= 11 is 0. The Bertz CT molecular complexity index is 1210. The number of alkyl halides is 3. The summed E-state index contributed by atoms with van der Waals surface area (Å²) in [5.41, 5.74) is 0.376. The van der Waals surface area contributed by atoms with E-state index in [2.05, 4.69) is 15.0 Å². The first-order valence-electron chi connectivity index (χ1n) is 10.8. The van der Waals surface area contributed by atoms with Gasteiger partial charge in [-0.25, -0.2) is 13.4 Å². The molecule has 2 aromatic carbocycles. The number of nitrogens with one attached hydrogen (secondary N) is 2. The number of hydrogen-bond donors (Lipinski definition) is 3. The number of benzene rings is 2. The van der Waals surface area contributed by atoms with Gasteiger partial charge in [-0.05, 0) is 36.4 Å². The van der Waals surface area contributed by atoms with E-state index >= 15 is 0 Å². The van der Waals surface area contributed by atoms with Crippen LogP contribution in [0.4, 0.5) is 18.9 Å². The molecule has 1 heterocycles. The Kier molecular flexibility index (Phi) is 9.40. The minimum absolute atomic E-state index is 0.0292. The number of aliphatic hydroxyl groups is 1. The largest absolute Gasteiger partial charge is 0.416 e. The molecule has 35 heavy (non-hydrogen) atoms. The molecule has 0 aliphatic heterocycles. The molecule has 0 aliphatic carbocycles. The second-order valence-electron chi connectivity index (χ2n) is 7.43. The van der Waals surface area contributed by atoms with E-state index < -0.39 is 21.8 Å². The second-order valence-corrected chi connectivity index (χ2v) is 9.12. The molecule has 190 valence electrons. The molecule has 8 nitrogen and oxygen atoms in total. The topological polar surface area (TPSA) is 110 Å². The van der Waals surface area contributed by atoms with E-state index in [0.29, 0.717) is 49.5 Å². The van der Waals surface area contributed by atoms with E-state index in [1.165, 1.54) is 0 Å². The number of aliphatic hydroxyl groups excluding tert-OH is 1. The molecule has 0 amide bonds. The molecule has 0 saturated carbocycles. The zero-order chi connectivity index (χ0) is 25.3. The lowest BCUT2D eigenvalue weighted by molar-refractivity contribution is -0.137. The van der Waals surface area contributed by atoms with E-state index in [9.17, 15) is 21.6 Å². The van der Waals surface area contributed by atoms with Crippen molar-refractivity contribution in [2.45, 2.75) is 17.6 Å². The summed E-state index contributed by atoms with van der Waals surface area (Å²) in [6.45, 7) is 2.49. The Morgan fingerprint density at radius 3 is 2.31 bits per heavy atom. The standard InChI is InChI=1S/C23H26F3N3O5S/c24-23(25,26)18-5-8-20(9-6-18)35(31,32)29-21-3-1-2-17-4-7-19(28-22(17)21)16-27-10-12-33-14-15-34-13-11-30/h1-9,27,29-30H,10-16H2. The summed E-state index contributed by atoms with van der Waals surface area (Å²) in [5.74, 6) is 0. The number of rotatable bonds is 13. The molecule has 0 unspecified atom stereocenters. The van der Waals surface area contributed by atoms with Gasteiger partial charge in [0.25, 0.3) is 10.0 Å². The third kappa shape index (κ3) is 7.87. The highest BCUT2D eigenvalue weighted by Crippen LogP contribution is 2.30. The average Bonchev–Trinajstić information content (AvgIpc) is 2.83. The number of fused-ring (bicyclic) bond motifs is 1. The Labute approximate surface area is 201 Å². The maximum absolute atomic E-state index is 12.8. The van der Waals surface area contributed by atoms with Crippen molar-refractivity contribution in [1.82, 2.24) is 10.3 Å². The summed E-state index contributed by atoms with van der Waals surface area (Å²) in [6.07, 6.45) is -4.56. The first kappa shape index (κ1) is 26.8. The van der Waals surface area contributed by atoms with Crippen LogP contribution in [0.1, 0.15) is 11.3 Å². The fourth-order valence-electron chi connectivity index (χ4n) is 3.14. The highest BCUT2D eigenvalue weighted by molar-refractivity contribution is 7.92. The van der Waals surface area contributed by atoms with Gasteiger partial charge in [0.2, 0.25) is 0 Å². The van der Waals surface area contributed by atoms with Gasteiger partial charge >= 0.3 is 6.18 Å². The van der Waals surface area contributed by atoms with Gasteiger partial charge in [-0.15, -0.1) is 0 Å². The second kappa shape index (κ2) is 12.3. The lowest BCUT2D eigenvalue weighted by atomic mass is 10.2. The average molecular weight is 514 g/mol. The molecular weight excluding hydrogens is 487 g/mol. The van der Waals surface area contributed by atoms with E-state index in [-0.39, 0.29) is 23.8 Å². The molecule has 0 fully saturated rings. The predicted molar refractivity (Wildman–Crippen MR) is 124 cm³/mol. The lowest BCUT2D eigenvalue weighted by Crippen LogP contribution is -2.21. The van der Waals surface area contributed by atoms with Crippen LogP contribution in [0.2, 0.25) is 0 Å². The first-order valence-corrected chi connectivity index (χ1v) is 12.2. The number of pyridine rings is 1. The van der Waals surface area contributed by atoms with Gasteiger partial charge < -0.3 is 19.9 Å². The van der Waals surface area contributed by atoms with Crippen LogP contribution in [0.5, 0.6) is 0 Å². The molecular formula is C23H26F3N3O5S. The Morgan fingerprint density at radius 1 is 0.914 bits per heavy atom. The van der Waals surface area contributed by atoms with Crippen molar-refractivity contribution in [1.29, 1.82) is 0 Å². The monoisotopic (exact) mass is 513 g/mol. The Hall–Kier alpha value is -2.77. The molecule has 0 radical (unpaired) electrons. The van der Waals surface area contributed by atoms with Crippen molar-refractivity contribution in [2.75, 3.05) is 44.3 Å². The number of halogens is 3. The van der Waals surface area contributed by atoms with Crippen LogP contribution in [0.15, 0.2) is 59.5 Å². The zero-order valence-electron chi connectivity index (χ0n) is 18.7. The number of ether oxygens (including phenoxy) is 2. The summed E-state index contributed by atoms with van der Waals surface area (Å²) in [5, 5.41) is 12.5. The van der Waals surface area contributed by atoms with E-state index in [1.54, 1.807) is 18.2 Å². The van der Waals surface area contributed by atoms with Crippen molar-refractivity contribution in [3.8, 4) is 0 Å². The van der Waals surface area contributed by atoms with Crippen LogP contribution >= 0.6 is 0 Å². The summed E-state index contributed by atoms with van der Waals surface area (Å²) in [6, 6.07) is 11.9. The van der Waals surface area contributed by atoms with Crippen LogP contribution in [0, 0.1) is 0 Å². The van der Waals surface area contributed by atoms with Gasteiger partial charge in [0, 0.05) is 18.5 Å². The van der Waals surface area contributed by atoms with Crippen molar-refractivity contribution >= 4 is 26.6 Å². The van der Waals surface area contributed by atoms with Crippen LogP contribution < -0.4 is 10.0 Å². The zero-order valence-corrected chi connectivity index (χ0v) is 19.5. The Balaban J connectivity index is 1.63. The molecule has 12 heteroatoms. The minimum atomic E-state index is -4.56.